The van der Waals surface area contributed by atoms with E-state index in [2.05, 4.69) is 15.6 Å². The Morgan fingerprint density at radius 2 is 1.74 bits per heavy atom. The molecule has 0 unspecified atom stereocenters. The number of para-hydroxylation sites is 1. The number of likely N-dealkylation sites (tertiary alicyclic amines) is 1. The number of piperidine rings is 1. The quantitative estimate of drug-likeness (QED) is 0.806. The molecule has 1 fully saturated rings. The topological polar surface area (TPSA) is 91.4 Å². The normalized spacial score (nSPS) is 14.4. The number of hydrogen-bond donors (Lipinski definition) is 2. The van der Waals surface area contributed by atoms with Crippen LogP contribution >= 0.6 is 0 Å². The third kappa shape index (κ3) is 5.13. The van der Waals surface area contributed by atoms with Gasteiger partial charge in [0.25, 0.3) is 5.91 Å². The fourth-order valence-electron chi connectivity index (χ4n) is 3.04. The van der Waals surface area contributed by atoms with Crippen LogP contribution in [0.15, 0.2) is 54.9 Å². The third-order valence-corrected chi connectivity index (χ3v) is 4.60. The van der Waals surface area contributed by atoms with Crippen molar-refractivity contribution in [3.63, 3.8) is 0 Å². The minimum atomic E-state index is -0.676. The molecule has 27 heavy (non-hydrogen) atoms. The van der Waals surface area contributed by atoms with Gasteiger partial charge in [-0.1, -0.05) is 18.2 Å². The molecule has 0 atom stereocenters. The molecule has 7 heteroatoms. The number of pyridine rings is 1. The molecular weight excluding hydrogens is 344 g/mol. The zero-order chi connectivity index (χ0) is 19.1. The van der Waals surface area contributed by atoms with Crippen molar-refractivity contribution in [3.8, 4) is 0 Å². The molecule has 3 rings (SSSR count). The van der Waals surface area contributed by atoms with Crippen molar-refractivity contribution in [1.82, 2.24) is 15.2 Å². The summed E-state index contributed by atoms with van der Waals surface area (Å²) in [7, 11) is 0. The van der Waals surface area contributed by atoms with Crippen molar-refractivity contribution in [2.45, 2.75) is 12.8 Å². The Bertz CT molecular complexity index is 787. The Balaban J connectivity index is 1.41. The van der Waals surface area contributed by atoms with E-state index in [0.29, 0.717) is 30.9 Å². The van der Waals surface area contributed by atoms with E-state index in [1.165, 1.54) is 0 Å². The summed E-state index contributed by atoms with van der Waals surface area (Å²) in [5.41, 5.74) is 1.17. The zero-order valence-electron chi connectivity index (χ0n) is 14.9. The molecule has 0 radical (unpaired) electrons. The molecule has 2 heterocycles. The van der Waals surface area contributed by atoms with Gasteiger partial charge >= 0.3 is 11.8 Å². The molecule has 1 aliphatic heterocycles. The highest BCUT2D eigenvalue weighted by Gasteiger charge is 2.24. The van der Waals surface area contributed by atoms with Gasteiger partial charge in [0.2, 0.25) is 0 Å². The summed E-state index contributed by atoms with van der Waals surface area (Å²) < 4.78 is 0. The smallest absolute Gasteiger partial charge is 0.313 e. The van der Waals surface area contributed by atoms with Gasteiger partial charge < -0.3 is 15.5 Å². The lowest BCUT2D eigenvalue weighted by molar-refractivity contribution is -0.136. The van der Waals surface area contributed by atoms with Crippen molar-refractivity contribution in [1.29, 1.82) is 0 Å². The predicted octanol–water partition coefficient (Wildman–Crippen LogP) is 1.69. The summed E-state index contributed by atoms with van der Waals surface area (Å²) in [6, 6.07) is 12.4. The Labute approximate surface area is 157 Å². The molecule has 1 aromatic carbocycles. The number of carbonyl (C=O) groups excluding carboxylic acids is 3. The average Bonchev–Trinajstić information content (AvgIpc) is 2.73. The highest BCUT2D eigenvalue weighted by molar-refractivity contribution is 6.39. The van der Waals surface area contributed by atoms with Crippen molar-refractivity contribution in [2.24, 2.45) is 5.92 Å². The minimum Gasteiger partial charge on any atom is -0.348 e. The summed E-state index contributed by atoms with van der Waals surface area (Å²) >= 11 is 0. The maximum Gasteiger partial charge on any atom is 0.313 e. The van der Waals surface area contributed by atoms with Crippen LogP contribution in [0.25, 0.3) is 0 Å². The Morgan fingerprint density at radius 3 is 2.41 bits per heavy atom. The van der Waals surface area contributed by atoms with Gasteiger partial charge in [-0.25, -0.2) is 0 Å². The Hall–Kier alpha value is -3.22. The van der Waals surface area contributed by atoms with E-state index in [-0.39, 0.29) is 11.8 Å². The highest BCUT2D eigenvalue weighted by atomic mass is 16.2. The number of benzene rings is 1. The standard InChI is InChI=1S/C20H22N4O3/c25-18(19(26)23-17-6-2-1-3-7-17)22-13-15-8-11-24(12-9-15)20(27)16-5-4-10-21-14-16/h1-7,10,14-15H,8-9,11-13H2,(H,22,25)(H,23,26). The van der Waals surface area contributed by atoms with Gasteiger partial charge in [-0.2, -0.15) is 0 Å². The van der Waals surface area contributed by atoms with Gasteiger partial charge in [-0.3, -0.25) is 19.4 Å². The molecule has 2 aromatic rings. The Morgan fingerprint density at radius 1 is 1.00 bits per heavy atom. The van der Waals surface area contributed by atoms with Crippen molar-refractivity contribution in [3.05, 3.63) is 60.4 Å². The van der Waals surface area contributed by atoms with E-state index >= 15 is 0 Å². The third-order valence-electron chi connectivity index (χ3n) is 4.60. The first-order chi connectivity index (χ1) is 13.1. The SMILES string of the molecule is O=C(NCC1CCN(C(=O)c2cccnc2)CC1)C(=O)Nc1ccccc1. The molecule has 2 N–H and O–H groups in total. The lowest BCUT2D eigenvalue weighted by Gasteiger charge is -2.32. The summed E-state index contributed by atoms with van der Waals surface area (Å²) in [4.78, 5) is 42.0. The van der Waals surface area contributed by atoms with Gasteiger partial charge in [0, 0.05) is 37.7 Å². The van der Waals surface area contributed by atoms with Crippen LogP contribution in [-0.2, 0) is 9.59 Å². The van der Waals surface area contributed by atoms with E-state index in [9.17, 15) is 14.4 Å². The molecule has 0 bridgehead atoms. The monoisotopic (exact) mass is 366 g/mol. The molecule has 0 aliphatic carbocycles. The average molecular weight is 366 g/mol. The number of aromatic nitrogens is 1. The predicted molar refractivity (Wildman–Crippen MR) is 101 cm³/mol. The van der Waals surface area contributed by atoms with E-state index in [0.717, 1.165) is 12.8 Å². The van der Waals surface area contributed by atoms with Crippen LogP contribution in [0.2, 0.25) is 0 Å². The summed E-state index contributed by atoms with van der Waals surface area (Å²) in [5, 5.41) is 5.24. The summed E-state index contributed by atoms with van der Waals surface area (Å²) in [5.74, 6) is -1.10. The maximum absolute atomic E-state index is 12.4. The molecule has 0 saturated carbocycles. The van der Waals surface area contributed by atoms with Crippen LogP contribution < -0.4 is 10.6 Å². The number of amides is 3. The van der Waals surface area contributed by atoms with Crippen molar-refractivity contribution < 1.29 is 14.4 Å². The molecule has 1 aromatic heterocycles. The zero-order valence-corrected chi connectivity index (χ0v) is 14.9. The molecule has 140 valence electrons. The summed E-state index contributed by atoms with van der Waals surface area (Å²) in [6.07, 6.45) is 4.78. The fraction of sp³-hybridized carbons (Fsp3) is 0.300. The molecule has 1 aliphatic rings. The molecule has 3 amide bonds. The Kier molecular flexibility index (Phi) is 6.14. The van der Waals surface area contributed by atoms with Crippen LogP contribution in [0.3, 0.4) is 0 Å². The fourth-order valence-corrected chi connectivity index (χ4v) is 3.04. The van der Waals surface area contributed by atoms with Crippen LogP contribution in [0.5, 0.6) is 0 Å². The second-order valence-electron chi connectivity index (χ2n) is 6.51. The van der Waals surface area contributed by atoms with E-state index in [1.54, 1.807) is 53.7 Å². The number of hydrogen-bond acceptors (Lipinski definition) is 4. The van der Waals surface area contributed by atoms with Crippen molar-refractivity contribution in [2.75, 3.05) is 25.0 Å². The van der Waals surface area contributed by atoms with Gasteiger partial charge in [-0.05, 0) is 43.0 Å². The van der Waals surface area contributed by atoms with Crippen LogP contribution in [0.4, 0.5) is 5.69 Å². The van der Waals surface area contributed by atoms with Gasteiger partial charge in [0.15, 0.2) is 0 Å². The van der Waals surface area contributed by atoms with Crippen LogP contribution in [0, 0.1) is 5.92 Å². The van der Waals surface area contributed by atoms with E-state index in [1.807, 2.05) is 6.07 Å². The van der Waals surface area contributed by atoms with E-state index < -0.39 is 11.8 Å². The number of rotatable bonds is 4. The molecule has 0 spiro atoms. The van der Waals surface area contributed by atoms with Gasteiger partial charge in [0.05, 0.1) is 5.56 Å². The van der Waals surface area contributed by atoms with Gasteiger partial charge in [0.1, 0.15) is 0 Å². The minimum absolute atomic E-state index is 0.0205. The second kappa shape index (κ2) is 8.93. The summed E-state index contributed by atoms with van der Waals surface area (Å²) in [6.45, 7) is 1.69. The second-order valence-corrected chi connectivity index (χ2v) is 6.51. The van der Waals surface area contributed by atoms with Crippen LogP contribution in [-0.4, -0.2) is 47.2 Å². The number of nitrogens with zero attached hydrogens (tertiary/aromatic N) is 2. The van der Waals surface area contributed by atoms with Crippen LogP contribution in [0.1, 0.15) is 23.2 Å². The highest BCUT2D eigenvalue weighted by Crippen LogP contribution is 2.18. The van der Waals surface area contributed by atoms with E-state index in [4.69, 9.17) is 0 Å². The molecular formula is C20H22N4O3. The van der Waals surface area contributed by atoms with Gasteiger partial charge in [-0.15, -0.1) is 0 Å². The number of anilines is 1. The van der Waals surface area contributed by atoms with Crippen molar-refractivity contribution >= 4 is 23.4 Å². The molecule has 1 saturated heterocycles. The molecule has 7 nitrogen and oxygen atoms in total. The lowest BCUT2D eigenvalue weighted by atomic mass is 9.96. The first kappa shape index (κ1) is 18.6. The first-order valence-electron chi connectivity index (χ1n) is 8.97. The largest absolute Gasteiger partial charge is 0.348 e. The maximum atomic E-state index is 12.4. The number of carbonyl (C=O) groups is 3. The number of nitrogens with one attached hydrogen (secondary N) is 2. The lowest BCUT2D eigenvalue weighted by Crippen LogP contribution is -2.43. The first-order valence-corrected chi connectivity index (χ1v) is 8.97.